The first-order valence-corrected chi connectivity index (χ1v) is 11.0. The van der Waals surface area contributed by atoms with E-state index in [1.165, 1.54) is 12.1 Å². The van der Waals surface area contributed by atoms with E-state index in [1.54, 1.807) is 12.1 Å². The number of rotatable bonds is 7. The molecule has 0 saturated heterocycles. The zero-order valence-corrected chi connectivity index (χ0v) is 17.4. The maximum absolute atomic E-state index is 12.6. The van der Waals surface area contributed by atoms with E-state index in [-0.39, 0.29) is 10.8 Å². The van der Waals surface area contributed by atoms with Crippen molar-refractivity contribution >= 4 is 44.2 Å². The van der Waals surface area contributed by atoms with Crippen LogP contribution in [0.25, 0.3) is 0 Å². The van der Waals surface area contributed by atoms with Crippen LogP contribution >= 0.6 is 22.6 Å². The quantitative estimate of drug-likeness (QED) is 0.468. The SMILES string of the molecule is CC(C)C[C@@H](NS(=O)(=O)c1ccc(I)cc1)C(=O)NN=C1CCCC1. The number of halogens is 1. The molecule has 138 valence electrons. The first kappa shape index (κ1) is 20.3. The van der Waals surface area contributed by atoms with Gasteiger partial charge in [0, 0.05) is 9.28 Å². The van der Waals surface area contributed by atoms with Crippen molar-refractivity contribution in [2.45, 2.75) is 56.9 Å². The third-order valence-corrected chi connectivity index (χ3v) is 6.16. The van der Waals surface area contributed by atoms with Gasteiger partial charge in [0.15, 0.2) is 0 Å². The fraction of sp³-hybridized carbons (Fsp3) is 0.529. The Labute approximate surface area is 163 Å². The highest BCUT2D eigenvalue weighted by Crippen LogP contribution is 2.16. The van der Waals surface area contributed by atoms with Gasteiger partial charge in [-0.2, -0.15) is 9.82 Å². The number of hydrazone groups is 1. The third-order valence-electron chi connectivity index (χ3n) is 3.95. The molecule has 25 heavy (non-hydrogen) atoms. The number of carbonyl (C=O) groups excluding carboxylic acids is 1. The molecule has 1 saturated carbocycles. The molecule has 2 rings (SSSR count). The standard InChI is InChI=1S/C17H24IN3O3S/c1-12(2)11-16(17(22)20-19-14-5-3-4-6-14)21-25(23,24)15-9-7-13(18)8-10-15/h7-10,12,16,21H,3-6,11H2,1-2H3,(H,20,22)/t16-/m1/s1. The average Bonchev–Trinajstić information content (AvgIpc) is 3.05. The average molecular weight is 477 g/mol. The number of carbonyl (C=O) groups is 1. The summed E-state index contributed by atoms with van der Waals surface area (Å²) >= 11 is 2.11. The van der Waals surface area contributed by atoms with Gasteiger partial charge in [-0.15, -0.1) is 0 Å². The number of benzene rings is 1. The molecular formula is C17H24IN3O3S. The Hall–Kier alpha value is -1.00. The summed E-state index contributed by atoms with van der Waals surface area (Å²) in [4.78, 5) is 12.6. The lowest BCUT2D eigenvalue weighted by Gasteiger charge is -2.19. The molecule has 6 nitrogen and oxygen atoms in total. The largest absolute Gasteiger partial charge is 0.271 e. The van der Waals surface area contributed by atoms with Crippen molar-refractivity contribution in [3.05, 3.63) is 27.8 Å². The Morgan fingerprint density at radius 1 is 1.20 bits per heavy atom. The lowest BCUT2D eigenvalue weighted by atomic mass is 10.0. The van der Waals surface area contributed by atoms with Gasteiger partial charge < -0.3 is 0 Å². The van der Waals surface area contributed by atoms with Crippen LogP contribution in [0, 0.1) is 9.49 Å². The van der Waals surface area contributed by atoms with Gasteiger partial charge in [0.2, 0.25) is 10.0 Å². The van der Waals surface area contributed by atoms with E-state index in [9.17, 15) is 13.2 Å². The second kappa shape index (κ2) is 9.09. The van der Waals surface area contributed by atoms with Crippen molar-refractivity contribution in [3.8, 4) is 0 Å². The molecule has 0 unspecified atom stereocenters. The van der Waals surface area contributed by atoms with Gasteiger partial charge in [-0.1, -0.05) is 13.8 Å². The van der Waals surface area contributed by atoms with Crippen molar-refractivity contribution in [2.75, 3.05) is 0 Å². The van der Waals surface area contributed by atoms with Gasteiger partial charge in [-0.3, -0.25) is 4.79 Å². The number of sulfonamides is 1. The molecule has 1 aromatic carbocycles. The second-order valence-corrected chi connectivity index (χ2v) is 9.58. The van der Waals surface area contributed by atoms with Crippen molar-refractivity contribution in [3.63, 3.8) is 0 Å². The zero-order valence-electron chi connectivity index (χ0n) is 14.5. The molecule has 1 aromatic rings. The normalized spacial score (nSPS) is 16.1. The highest BCUT2D eigenvalue weighted by molar-refractivity contribution is 14.1. The van der Waals surface area contributed by atoms with Crippen LogP contribution in [0.1, 0.15) is 46.0 Å². The van der Waals surface area contributed by atoms with Crippen molar-refractivity contribution in [1.82, 2.24) is 10.1 Å². The van der Waals surface area contributed by atoms with E-state index in [2.05, 4.69) is 37.8 Å². The van der Waals surface area contributed by atoms with Crippen LogP contribution in [0.5, 0.6) is 0 Å². The molecule has 2 N–H and O–H groups in total. The Morgan fingerprint density at radius 2 is 1.80 bits per heavy atom. The van der Waals surface area contributed by atoms with Gasteiger partial charge >= 0.3 is 0 Å². The number of nitrogens with zero attached hydrogens (tertiary/aromatic N) is 1. The van der Waals surface area contributed by atoms with Crippen LogP contribution in [0.2, 0.25) is 0 Å². The number of nitrogens with one attached hydrogen (secondary N) is 2. The highest BCUT2D eigenvalue weighted by Gasteiger charge is 2.26. The molecule has 1 fully saturated rings. The summed E-state index contributed by atoms with van der Waals surface area (Å²) < 4.78 is 28.6. The molecule has 0 heterocycles. The van der Waals surface area contributed by atoms with Crippen LogP contribution in [-0.4, -0.2) is 26.1 Å². The lowest BCUT2D eigenvalue weighted by molar-refractivity contribution is -0.123. The molecule has 8 heteroatoms. The molecular weight excluding hydrogens is 453 g/mol. The Bertz CT molecular complexity index is 722. The highest BCUT2D eigenvalue weighted by atomic mass is 127. The summed E-state index contributed by atoms with van der Waals surface area (Å²) in [7, 11) is -3.77. The predicted molar refractivity (Wildman–Crippen MR) is 107 cm³/mol. The Morgan fingerprint density at radius 3 is 2.36 bits per heavy atom. The Balaban J connectivity index is 2.11. The molecule has 1 atom stereocenters. The predicted octanol–water partition coefficient (Wildman–Crippen LogP) is 3.03. The molecule has 0 radical (unpaired) electrons. The van der Waals surface area contributed by atoms with Crippen LogP contribution in [0.15, 0.2) is 34.3 Å². The molecule has 0 spiro atoms. The smallest absolute Gasteiger partial charge is 0.258 e. The van der Waals surface area contributed by atoms with E-state index < -0.39 is 22.0 Å². The number of hydrogen-bond donors (Lipinski definition) is 2. The number of hydrogen-bond acceptors (Lipinski definition) is 4. The van der Waals surface area contributed by atoms with Gasteiger partial charge in [0.05, 0.1) is 4.90 Å². The molecule has 0 aliphatic heterocycles. The Kier molecular flexibility index (Phi) is 7.38. The summed E-state index contributed by atoms with van der Waals surface area (Å²) in [6.45, 7) is 3.89. The minimum atomic E-state index is -3.77. The van der Waals surface area contributed by atoms with Crippen molar-refractivity contribution in [1.29, 1.82) is 0 Å². The summed E-state index contributed by atoms with van der Waals surface area (Å²) in [6.07, 6.45) is 4.36. The topological polar surface area (TPSA) is 87.6 Å². The van der Waals surface area contributed by atoms with E-state index in [1.807, 2.05) is 13.8 Å². The molecule has 1 amide bonds. The lowest BCUT2D eigenvalue weighted by Crippen LogP contribution is -2.46. The van der Waals surface area contributed by atoms with Crippen LogP contribution in [0.3, 0.4) is 0 Å². The molecule has 1 aliphatic rings. The minimum absolute atomic E-state index is 0.150. The van der Waals surface area contributed by atoms with Crippen molar-refractivity contribution in [2.24, 2.45) is 11.0 Å². The molecule has 0 aromatic heterocycles. The fourth-order valence-corrected chi connectivity index (χ4v) is 4.22. The van der Waals surface area contributed by atoms with Crippen LogP contribution in [0.4, 0.5) is 0 Å². The van der Waals surface area contributed by atoms with Crippen molar-refractivity contribution < 1.29 is 13.2 Å². The number of amides is 1. The summed E-state index contributed by atoms with van der Waals surface area (Å²) in [5, 5.41) is 4.15. The van der Waals surface area contributed by atoms with Crippen LogP contribution < -0.4 is 10.1 Å². The summed E-state index contributed by atoms with van der Waals surface area (Å²) in [5.74, 6) is -0.253. The van der Waals surface area contributed by atoms with E-state index in [0.29, 0.717) is 6.42 Å². The molecule has 0 bridgehead atoms. The fourth-order valence-electron chi connectivity index (χ4n) is 2.66. The summed E-state index contributed by atoms with van der Waals surface area (Å²) in [5.41, 5.74) is 3.50. The first-order chi connectivity index (χ1) is 11.8. The van der Waals surface area contributed by atoms with E-state index in [4.69, 9.17) is 0 Å². The van der Waals surface area contributed by atoms with Gasteiger partial charge in [-0.05, 0) is 84.9 Å². The van der Waals surface area contributed by atoms with E-state index >= 15 is 0 Å². The summed E-state index contributed by atoms with van der Waals surface area (Å²) in [6, 6.07) is 5.66. The van der Waals surface area contributed by atoms with Gasteiger partial charge in [0.25, 0.3) is 5.91 Å². The zero-order chi connectivity index (χ0) is 18.4. The van der Waals surface area contributed by atoms with Gasteiger partial charge in [0.1, 0.15) is 6.04 Å². The third kappa shape index (κ3) is 6.34. The minimum Gasteiger partial charge on any atom is -0.271 e. The van der Waals surface area contributed by atoms with Gasteiger partial charge in [-0.25, -0.2) is 13.8 Å². The first-order valence-electron chi connectivity index (χ1n) is 8.41. The molecule has 1 aliphatic carbocycles. The second-order valence-electron chi connectivity index (χ2n) is 6.62. The monoisotopic (exact) mass is 477 g/mol. The van der Waals surface area contributed by atoms with Crippen LogP contribution in [-0.2, 0) is 14.8 Å². The maximum atomic E-state index is 12.6. The maximum Gasteiger partial charge on any atom is 0.258 e. The van der Waals surface area contributed by atoms with E-state index in [0.717, 1.165) is 35.0 Å².